The van der Waals surface area contributed by atoms with Gasteiger partial charge in [-0.25, -0.2) is 5.43 Å². The standard InChI is InChI=1S/C14H18N2O/c1-3-11-4-6-12(7-5-11)14(16-15)13-8-10(2)17-9-13/h4-9,14,16H,3,15H2,1-2H3. The molecule has 3 N–H and O–H groups in total. The van der Waals surface area contributed by atoms with Crippen molar-refractivity contribution in [3.05, 3.63) is 59.0 Å². The van der Waals surface area contributed by atoms with Crippen LogP contribution < -0.4 is 11.3 Å². The van der Waals surface area contributed by atoms with Crippen molar-refractivity contribution in [1.29, 1.82) is 0 Å². The van der Waals surface area contributed by atoms with Gasteiger partial charge in [-0.1, -0.05) is 31.2 Å². The summed E-state index contributed by atoms with van der Waals surface area (Å²) in [5, 5.41) is 0. The largest absolute Gasteiger partial charge is 0.469 e. The quantitative estimate of drug-likeness (QED) is 0.627. The summed E-state index contributed by atoms with van der Waals surface area (Å²) in [5.74, 6) is 6.52. The summed E-state index contributed by atoms with van der Waals surface area (Å²) in [6, 6.07) is 10.5. The summed E-state index contributed by atoms with van der Waals surface area (Å²) in [6.45, 7) is 4.07. The third kappa shape index (κ3) is 2.57. The van der Waals surface area contributed by atoms with Crippen LogP contribution in [0.25, 0.3) is 0 Å². The molecule has 1 aromatic carbocycles. The van der Waals surface area contributed by atoms with Crippen LogP contribution in [0.4, 0.5) is 0 Å². The summed E-state index contributed by atoms with van der Waals surface area (Å²) in [6.07, 6.45) is 2.79. The fourth-order valence-electron chi connectivity index (χ4n) is 1.95. The van der Waals surface area contributed by atoms with E-state index < -0.39 is 0 Å². The third-order valence-electron chi connectivity index (χ3n) is 2.97. The molecule has 0 saturated heterocycles. The molecule has 0 saturated carbocycles. The van der Waals surface area contributed by atoms with Gasteiger partial charge >= 0.3 is 0 Å². The van der Waals surface area contributed by atoms with Crippen molar-refractivity contribution in [2.45, 2.75) is 26.3 Å². The molecule has 2 aromatic rings. The average molecular weight is 230 g/mol. The molecule has 0 radical (unpaired) electrons. The Morgan fingerprint density at radius 2 is 1.94 bits per heavy atom. The van der Waals surface area contributed by atoms with Crippen LogP contribution in [0.15, 0.2) is 41.0 Å². The minimum absolute atomic E-state index is 0.0154. The first kappa shape index (κ1) is 11.9. The highest BCUT2D eigenvalue weighted by molar-refractivity contribution is 5.32. The minimum Gasteiger partial charge on any atom is -0.469 e. The highest BCUT2D eigenvalue weighted by Gasteiger charge is 2.14. The minimum atomic E-state index is -0.0154. The van der Waals surface area contributed by atoms with Gasteiger partial charge in [-0.15, -0.1) is 0 Å². The number of rotatable bonds is 4. The van der Waals surface area contributed by atoms with E-state index in [1.165, 1.54) is 5.56 Å². The smallest absolute Gasteiger partial charge is 0.101 e. The van der Waals surface area contributed by atoms with Crippen molar-refractivity contribution in [2.75, 3.05) is 0 Å². The Balaban J connectivity index is 2.28. The zero-order valence-corrected chi connectivity index (χ0v) is 10.2. The van der Waals surface area contributed by atoms with E-state index in [2.05, 4.69) is 36.6 Å². The van der Waals surface area contributed by atoms with Gasteiger partial charge in [0, 0.05) is 5.56 Å². The third-order valence-corrected chi connectivity index (χ3v) is 2.97. The van der Waals surface area contributed by atoms with E-state index in [1.807, 2.05) is 13.0 Å². The van der Waals surface area contributed by atoms with Crippen molar-refractivity contribution < 1.29 is 4.42 Å². The van der Waals surface area contributed by atoms with Crippen LogP contribution in [-0.4, -0.2) is 0 Å². The number of hydrogen-bond donors (Lipinski definition) is 2. The lowest BCUT2D eigenvalue weighted by Crippen LogP contribution is -2.28. The predicted octanol–water partition coefficient (Wildman–Crippen LogP) is 2.70. The Hall–Kier alpha value is -1.58. The van der Waals surface area contributed by atoms with Crippen LogP contribution in [0.2, 0.25) is 0 Å². The SMILES string of the molecule is CCc1ccc(C(NN)c2coc(C)c2)cc1. The van der Waals surface area contributed by atoms with E-state index in [-0.39, 0.29) is 6.04 Å². The summed E-state index contributed by atoms with van der Waals surface area (Å²) >= 11 is 0. The number of nitrogens with one attached hydrogen (secondary N) is 1. The van der Waals surface area contributed by atoms with Gasteiger partial charge in [0.25, 0.3) is 0 Å². The summed E-state index contributed by atoms with van der Waals surface area (Å²) in [5.41, 5.74) is 6.35. The first-order valence-corrected chi connectivity index (χ1v) is 5.84. The molecule has 0 amide bonds. The van der Waals surface area contributed by atoms with E-state index in [0.717, 1.165) is 23.3 Å². The number of benzene rings is 1. The molecule has 3 nitrogen and oxygen atoms in total. The first-order chi connectivity index (χ1) is 8.24. The van der Waals surface area contributed by atoms with Crippen LogP contribution in [0.5, 0.6) is 0 Å². The first-order valence-electron chi connectivity index (χ1n) is 5.84. The van der Waals surface area contributed by atoms with Crippen LogP contribution >= 0.6 is 0 Å². The second kappa shape index (κ2) is 5.17. The number of aryl methyl sites for hydroxylation is 2. The van der Waals surface area contributed by atoms with Crippen molar-refractivity contribution >= 4 is 0 Å². The average Bonchev–Trinajstić information content (AvgIpc) is 2.78. The lowest BCUT2D eigenvalue weighted by Gasteiger charge is -2.14. The maximum Gasteiger partial charge on any atom is 0.101 e. The number of hydrogen-bond acceptors (Lipinski definition) is 3. The molecule has 1 aromatic heterocycles. The van der Waals surface area contributed by atoms with E-state index in [9.17, 15) is 0 Å². The Labute approximate surface area is 102 Å². The number of hydrazine groups is 1. The second-order valence-corrected chi connectivity index (χ2v) is 4.19. The van der Waals surface area contributed by atoms with Crippen LogP contribution in [-0.2, 0) is 6.42 Å². The van der Waals surface area contributed by atoms with Crippen molar-refractivity contribution in [1.82, 2.24) is 5.43 Å². The van der Waals surface area contributed by atoms with Crippen molar-refractivity contribution in [3.8, 4) is 0 Å². The van der Waals surface area contributed by atoms with E-state index >= 15 is 0 Å². The molecular formula is C14H18N2O. The van der Waals surface area contributed by atoms with Gasteiger partial charge in [0.05, 0.1) is 12.3 Å². The van der Waals surface area contributed by atoms with Crippen molar-refractivity contribution in [3.63, 3.8) is 0 Å². The molecule has 3 heteroatoms. The van der Waals surface area contributed by atoms with Gasteiger partial charge in [-0.05, 0) is 30.5 Å². The van der Waals surface area contributed by atoms with Crippen LogP contribution in [0, 0.1) is 6.92 Å². The van der Waals surface area contributed by atoms with Gasteiger partial charge in [-0.2, -0.15) is 0 Å². The van der Waals surface area contributed by atoms with Crippen LogP contribution in [0.3, 0.4) is 0 Å². The molecule has 1 unspecified atom stereocenters. The topological polar surface area (TPSA) is 51.2 Å². The highest BCUT2D eigenvalue weighted by Crippen LogP contribution is 2.23. The molecule has 90 valence electrons. The maximum atomic E-state index is 5.62. The Kier molecular flexibility index (Phi) is 3.61. The molecular weight excluding hydrogens is 212 g/mol. The Morgan fingerprint density at radius 1 is 1.24 bits per heavy atom. The van der Waals surface area contributed by atoms with E-state index in [0.29, 0.717) is 0 Å². The lowest BCUT2D eigenvalue weighted by atomic mass is 10.00. The van der Waals surface area contributed by atoms with Gasteiger partial charge in [0.15, 0.2) is 0 Å². The summed E-state index contributed by atoms with van der Waals surface area (Å²) in [7, 11) is 0. The fourth-order valence-corrected chi connectivity index (χ4v) is 1.95. The Bertz CT molecular complexity index is 473. The van der Waals surface area contributed by atoms with Crippen molar-refractivity contribution in [2.24, 2.45) is 5.84 Å². The van der Waals surface area contributed by atoms with Gasteiger partial charge in [-0.3, -0.25) is 5.84 Å². The van der Waals surface area contributed by atoms with Gasteiger partial charge in [0.2, 0.25) is 0 Å². The van der Waals surface area contributed by atoms with Gasteiger partial charge < -0.3 is 4.42 Å². The molecule has 17 heavy (non-hydrogen) atoms. The fraction of sp³-hybridized carbons (Fsp3) is 0.286. The summed E-state index contributed by atoms with van der Waals surface area (Å²) in [4.78, 5) is 0. The highest BCUT2D eigenvalue weighted by atomic mass is 16.3. The van der Waals surface area contributed by atoms with E-state index in [4.69, 9.17) is 10.3 Å². The predicted molar refractivity (Wildman–Crippen MR) is 68.4 cm³/mol. The molecule has 0 aliphatic rings. The molecule has 2 rings (SSSR count). The lowest BCUT2D eigenvalue weighted by molar-refractivity contribution is 0.525. The zero-order valence-electron chi connectivity index (χ0n) is 10.2. The molecule has 0 aliphatic carbocycles. The maximum absolute atomic E-state index is 5.62. The monoisotopic (exact) mass is 230 g/mol. The molecule has 0 fully saturated rings. The van der Waals surface area contributed by atoms with E-state index in [1.54, 1.807) is 6.26 Å². The summed E-state index contributed by atoms with van der Waals surface area (Å²) < 4.78 is 5.32. The molecule has 1 atom stereocenters. The van der Waals surface area contributed by atoms with Crippen LogP contribution in [0.1, 0.15) is 35.4 Å². The number of nitrogens with two attached hydrogens (primary N) is 1. The molecule has 1 heterocycles. The molecule has 0 aliphatic heterocycles. The van der Waals surface area contributed by atoms with Gasteiger partial charge in [0.1, 0.15) is 5.76 Å². The number of furan rings is 1. The second-order valence-electron chi connectivity index (χ2n) is 4.19. The zero-order chi connectivity index (χ0) is 12.3. The normalized spacial score (nSPS) is 12.6. The Morgan fingerprint density at radius 3 is 2.41 bits per heavy atom. The molecule has 0 spiro atoms. The molecule has 0 bridgehead atoms.